The fraction of sp³-hybridized carbons (Fsp3) is 0.294. The lowest BCUT2D eigenvalue weighted by atomic mass is 10.0. The Kier molecular flexibility index (Phi) is 5.76. The van der Waals surface area contributed by atoms with Crippen LogP contribution in [0.25, 0.3) is 0 Å². The van der Waals surface area contributed by atoms with Gasteiger partial charge in [0.05, 0.1) is 7.11 Å². The van der Waals surface area contributed by atoms with Crippen LogP contribution in [0.4, 0.5) is 4.39 Å². The van der Waals surface area contributed by atoms with Gasteiger partial charge in [0.2, 0.25) is 0 Å². The van der Waals surface area contributed by atoms with E-state index in [9.17, 15) is 4.39 Å². The van der Waals surface area contributed by atoms with Crippen LogP contribution >= 0.6 is 15.9 Å². The fourth-order valence-corrected chi connectivity index (χ4v) is 2.75. The minimum absolute atomic E-state index is 0.125. The Hall–Kier alpha value is -1.39. The van der Waals surface area contributed by atoms with Crippen LogP contribution in [0, 0.1) is 5.82 Å². The summed E-state index contributed by atoms with van der Waals surface area (Å²) in [4.78, 5) is 0. The molecule has 0 radical (unpaired) electrons. The van der Waals surface area contributed by atoms with Gasteiger partial charge in [-0.15, -0.1) is 0 Å². The number of para-hydroxylation sites is 1. The van der Waals surface area contributed by atoms with Crippen molar-refractivity contribution < 1.29 is 9.13 Å². The summed E-state index contributed by atoms with van der Waals surface area (Å²) >= 11 is 3.37. The van der Waals surface area contributed by atoms with E-state index in [-0.39, 0.29) is 11.9 Å². The highest BCUT2D eigenvalue weighted by Crippen LogP contribution is 2.27. The number of hydrogen-bond donors (Lipinski definition) is 1. The molecule has 1 atom stereocenters. The molecule has 0 spiro atoms. The van der Waals surface area contributed by atoms with Crippen molar-refractivity contribution in [3.05, 3.63) is 63.9 Å². The van der Waals surface area contributed by atoms with Crippen LogP contribution < -0.4 is 10.1 Å². The number of hydrogen-bond acceptors (Lipinski definition) is 2. The number of rotatable bonds is 6. The van der Waals surface area contributed by atoms with E-state index in [0.29, 0.717) is 12.1 Å². The zero-order valence-corrected chi connectivity index (χ0v) is 13.8. The summed E-state index contributed by atoms with van der Waals surface area (Å²) in [5.41, 5.74) is 1.75. The second-order valence-electron chi connectivity index (χ2n) is 4.82. The molecule has 0 fully saturated rings. The molecule has 0 amide bonds. The molecule has 1 unspecified atom stereocenters. The third-order valence-electron chi connectivity index (χ3n) is 3.47. The molecule has 0 saturated heterocycles. The number of halogens is 2. The first-order valence-electron chi connectivity index (χ1n) is 6.96. The minimum atomic E-state index is -0.194. The molecule has 0 aromatic heterocycles. The van der Waals surface area contributed by atoms with E-state index in [1.807, 2.05) is 24.3 Å². The maximum Gasteiger partial charge on any atom is 0.127 e. The van der Waals surface area contributed by atoms with E-state index >= 15 is 0 Å². The molecule has 0 bridgehead atoms. The quantitative estimate of drug-likeness (QED) is 0.803. The van der Waals surface area contributed by atoms with Gasteiger partial charge in [-0.05, 0) is 30.7 Å². The van der Waals surface area contributed by atoms with E-state index in [1.165, 1.54) is 6.07 Å². The monoisotopic (exact) mass is 351 g/mol. The van der Waals surface area contributed by atoms with Crippen LogP contribution in [-0.2, 0) is 6.54 Å². The molecular weight excluding hydrogens is 333 g/mol. The Morgan fingerprint density at radius 2 is 2.00 bits per heavy atom. The molecule has 2 nitrogen and oxygen atoms in total. The highest BCUT2D eigenvalue weighted by Gasteiger charge is 2.14. The van der Waals surface area contributed by atoms with Gasteiger partial charge in [0.25, 0.3) is 0 Å². The van der Waals surface area contributed by atoms with Crippen molar-refractivity contribution in [3.8, 4) is 5.75 Å². The number of benzene rings is 2. The van der Waals surface area contributed by atoms with Gasteiger partial charge in [0, 0.05) is 28.2 Å². The molecule has 0 heterocycles. The van der Waals surface area contributed by atoms with E-state index in [0.717, 1.165) is 22.2 Å². The molecular formula is C17H19BrFNO. The van der Waals surface area contributed by atoms with E-state index in [4.69, 9.17) is 4.74 Å². The van der Waals surface area contributed by atoms with Crippen LogP contribution in [0.2, 0.25) is 0 Å². The van der Waals surface area contributed by atoms with Crippen LogP contribution in [0.5, 0.6) is 5.75 Å². The third kappa shape index (κ3) is 4.05. The summed E-state index contributed by atoms with van der Waals surface area (Å²) in [6.45, 7) is 2.57. The van der Waals surface area contributed by atoms with Gasteiger partial charge in [-0.3, -0.25) is 0 Å². The van der Waals surface area contributed by atoms with Gasteiger partial charge in [0.15, 0.2) is 0 Å². The molecule has 2 aromatic rings. The number of ether oxygens (including phenoxy) is 1. The zero-order valence-electron chi connectivity index (χ0n) is 12.2. The van der Waals surface area contributed by atoms with Gasteiger partial charge < -0.3 is 10.1 Å². The Balaban J connectivity index is 2.14. The second-order valence-corrected chi connectivity index (χ2v) is 5.74. The lowest BCUT2D eigenvalue weighted by Crippen LogP contribution is -2.21. The predicted molar refractivity (Wildman–Crippen MR) is 87.0 cm³/mol. The Morgan fingerprint density at radius 3 is 2.71 bits per heavy atom. The van der Waals surface area contributed by atoms with E-state index < -0.39 is 0 Å². The lowest BCUT2D eigenvalue weighted by Gasteiger charge is -2.20. The summed E-state index contributed by atoms with van der Waals surface area (Å²) in [5, 5.41) is 3.40. The average molecular weight is 352 g/mol. The Bertz CT molecular complexity index is 603. The predicted octanol–water partition coefficient (Wildman–Crippen LogP) is 4.84. The molecule has 0 aliphatic heterocycles. The fourth-order valence-electron chi connectivity index (χ4n) is 2.34. The molecule has 112 valence electrons. The van der Waals surface area contributed by atoms with E-state index in [1.54, 1.807) is 19.2 Å². The summed E-state index contributed by atoms with van der Waals surface area (Å²) in [6, 6.07) is 13.0. The molecule has 21 heavy (non-hydrogen) atoms. The lowest BCUT2D eigenvalue weighted by molar-refractivity contribution is 0.396. The molecule has 0 saturated carbocycles. The van der Waals surface area contributed by atoms with Gasteiger partial charge in [-0.25, -0.2) is 4.39 Å². The van der Waals surface area contributed by atoms with Crippen molar-refractivity contribution in [1.29, 1.82) is 0 Å². The molecule has 2 rings (SSSR count). The largest absolute Gasteiger partial charge is 0.496 e. The summed E-state index contributed by atoms with van der Waals surface area (Å²) in [5.74, 6) is 0.659. The smallest absolute Gasteiger partial charge is 0.127 e. The first-order chi connectivity index (χ1) is 10.2. The van der Waals surface area contributed by atoms with Crippen LogP contribution in [0.1, 0.15) is 30.5 Å². The minimum Gasteiger partial charge on any atom is -0.496 e. The van der Waals surface area contributed by atoms with Gasteiger partial charge >= 0.3 is 0 Å². The van der Waals surface area contributed by atoms with Crippen molar-refractivity contribution in [1.82, 2.24) is 5.32 Å². The maximum atomic E-state index is 13.8. The van der Waals surface area contributed by atoms with E-state index in [2.05, 4.69) is 28.2 Å². The summed E-state index contributed by atoms with van der Waals surface area (Å²) in [6.07, 6.45) is 0.899. The maximum absolute atomic E-state index is 13.8. The molecule has 2 aromatic carbocycles. The first kappa shape index (κ1) is 16.0. The van der Waals surface area contributed by atoms with Crippen LogP contribution in [0.3, 0.4) is 0 Å². The molecule has 0 aliphatic carbocycles. The highest BCUT2D eigenvalue weighted by atomic mass is 79.9. The van der Waals surface area contributed by atoms with Gasteiger partial charge in [-0.2, -0.15) is 0 Å². The first-order valence-corrected chi connectivity index (χ1v) is 7.75. The highest BCUT2D eigenvalue weighted by molar-refractivity contribution is 9.10. The van der Waals surface area contributed by atoms with Crippen molar-refractivity contribution in [2.75, 3.05) is 7.11 Å². The van der Waals surface area contributed by atoms with Crippen molar-refractivity contribution in [2.45, 2.75) is 25.9 Å². The van der Waals surface area contributed by atoms with Crippen LogP contribution in [0.15, 0.2) is 46.9 Å². The SMILES string of the molecule is CCC(NCc1cc(Br)ccc1F)c1ccccc1OC. The third-order valence-corrected chi connectivity index (χ3v) is 3.96. The normalized spacial score (nSPS) is 12.2. The molecule has 0 aliphatic rings. The van der Waals surface area contributed by atoms with Gasteiger partial charge in [0.1, 0.15) is 11.6 Å². The Labute approximate surface area is 133 Å². The average Bonchev–Trinajstić information content (AvgIpc) is 2.51. The number of methoxy groups -OCH3 is 1. The van der Waals surface area contributed by atoms with Crippen molar-refractivity contribution in [2.24, 2.45) is 0 Å². The second kappa shape index (κ2) is 7.57. The Morgan fingerprint density at radius 1 is 1.24 bits per heavy atom. The van der Waals surface area contributed by atoms with Crippen molar-refractivity contribution in [3.63, 3.8) is 0 Å². The van der Waals surface area contributed by atoms with Crippen molar-refractivity contribution >= 4 is 15.9 Å². The van der Waals surface area contributed by atoms with Gasteiger partial charge in [-0.1, -0.05) is 41.1 Å². The molecule has 1 N–H and O–H groups in total. The summed E-state index contributed by atoms with van der Waals surface area (Å²) < 4.78 is 20.1. The topological polar surface area (TPSA) is 21.3 Å². The standard InChI is InChI=1S/C17H19BrFNO/c1-3-16(14-6-4-5-7-17(14)21-2)20-11-12-10-13(18)8-9-15(12)19/h4-10,16,20H,3,11H2,1-2H3. The zero-order chi connectivity index (χ0) is 15.2. The molecule has 4 heteroatoms. The van der Waals surface area contributed by atoms with Crippen LogP contribution in [-0.4, -0.2) is 7.11 Å². The summed E-state index contributed by atoms with van der Waals surface area (Å²) in [7, 11) is 1.67. The number of nitrogens with one attached hydrogen (secondary N) is 1.